The van der Waals surface area contributed by atoms with Crippen LogP contribution >= 0.6 is 0 Å². The molecule has 0 heterocycles. The lowest BCUT2D eigenvalue weighted by molar-refractivity contribution is 0.106. The summed E-state index contributed by atoms with van der Waals surface area (Å²) in [5.74, 6) is 0.261. The highest BCUT2D eigenvalue weighted by molar-refractivity contribution is 7.90. The molecule has 0 fully saturated rings. The van der Waals surface area contributed by atoms with Gasteiger partial charge in [-0.2, -0.15) is 0 Å². The van der Waals surface area contributed by atoms with Crippen molar-refractivity contribution in [3.05, 3.63) is 0 Å². The monoisotopic (exact) mass is 264 g/mol. The molecule has 0 amide bonds. The Morgan fingerprint density at radius 3 is 2.18 bits per heavy atom. The van der Waals surface area contributed by atoms with E-state index in [1.165, 1.54) is 6.26 Å². The standard InChI is InChI=1S/C12H28N2O2S/c1-5-8-14(12(3,6-2)11-13)9-7-10-17(4,15)16/h5-11,13H2,1-4H3. The van der Waals surface area contributed by atoms with E-state index in [-0.39, 0.29) is 11.3 Å². The Bertz CT molecular complexity index is 298. The van der Waals surface area contributed by atoms with E-state index in [0.29, 0.717) is 13.0 Å². The maximum Gasteiger partial charge on any atom is 0.147 e. The van der Waals surface area contributed by atoms with Crippen molar-refractivity contribution in [3.63, 3.8) is 0 Å². The summed E-state index contributed by atoms with van der Waals surface area (Å²) in [5, 5.41) is 0. The Kier molecular flexibility index (Phi) is 7.28. The summed E-state index contributed by atoms with van der Waals surface area (Å²) < 4.78 is 22.2. The first-order chi connectivity index (χ1) is 7.79. The predicted molar refractivity (Wildman–Crippen MR) is 73.9 cm³/mol. The number of sulfone groups is 1. The minimum absolute atomic E-state index is 0.00644. The maximum absolute atomic E-state index is 11.1. The number of nitrogens with zero attached hydrogens (tertiary/aromatic N) is 1. The number of nitrogens with two attached hydrogens (primary N) is 1. The molecule has 5 heteroatoms. The molecule has 0 saturated heterocycles. The fourth-order valence-corrected chi connectivity index (χ4v) is 2.59. The van der Waals surface area contributed by atoms with E-state index in [1.54, 1.807) is 0 Å². The Hall–Kier alpha value is -0.130. The average molecular weight is 264 g/mol. The van der Waals surface area contributed by atoms with Crippen LogP contribution in [0.15, 0.2) is 0 Å². The molecule has 2 N–H and O–H groups in total. The second kappa shape index (κ2) is 7.34. The summed E-state index contributed by atoms with van der Waals surface area (Å²) in [5.41, 5.74) is 5.84. The first kappa shape index (κ1) is 16.9. The van der Waals surface area contributed by atoms with Gasteiger partial charge in [0, 0.05) is 18.3 Å². The second-order valence-corrected chi connectivity index (χ2v) is 7.28. The molecule has 17 heavy (non-hydrogen) atoms. The van der Waals surface area contributed by atoms with Crippen LogP contribution in [0.2, 0.25) is 0 Å². The third-order valence-electron chi connectivity index (χ3n) is 3.40. The van der Waals surface area contributed by atoms with Crippen molar-refractivity contribution in [3.8, 4) is 0 Å². The number of rotatable bonds is 9. The topological polar surface area (TPSA) is 63.4 Å². The third kappa shape index (κ3) is 6.38. The number of hydrogen-bond donors (Lipinski definition) is 1. The van der Waals surface area contributed by atoms with Gasteiger partial charge in [-0.25, -0.2) is 8.42 Å². The minimum Gasteiger partial charge on any atom is -0.329 e. The smallest absolute Gasteiger partial charge is 0.147 e. The summed E-state index contributed by atoms with van der Waals surface area (Å²) >= 11 is 0. The highest BCUT2D eigenvalue weighted by atomic mass is 32.2. The molecular weight excluding hydrogens is 236 g/mol. The highest BCUT2D eigenvalue weighted by Gasteiger charge is 2.27. The lowest BCUT2D eigenvalue weighted by Gasteiger charge is -2.40. The van der Waals surface area contributed by atoms with E-state index in [1.807, 2.05) is 0 Å². The van der Waals surface area contributed by atoms with Crippen molar-refractivity contribution in [1.82, 2.24) is 4.90 Å². The van der Waals surface area contributed by atoms with Crippen LogP contribution in [-0.4, -0.2) is 50.5 Å². The van der Waals surface area contributed by atoms with Crippen molar-refractivity contribution in [2.75, 3.05) is 31.6 Å². The third-order valence-corrected chi connectivity index (χ3v) is 4.43. The largest absolute Gasteiger partial charge is 0.329 e. The summed E-state index contributed by atoms with van der Waals surface area (Å²) in [6, 6.07) is 0. The Labute approximate surface area is 106 Å². The zero-order chi connectivity index (χ0) is 13.5. The first-order valence-corrected chi connectivity index (χ1v) is 8.48. The molecule has 1 atom stereocenters. The molecular formula is C12H28N2O2S. The van der Waals surface area contributed by atoms with Gasteiger partial charge in [-0.15, -0.1) is 0 Å². The fraction of sp³-hybridized carbons (Fsp3) is 1.00. The molecule has 0 saturated carbocycles. The van der Waals surface area contributed by atoms with Crippen LogP contribution in [0.1, 0.15) is 40.0 Å². The molecule has 0 aromatic rings. The molecule has 0 aliphatic heterocycles. The molecule has 0 aromatic carbocycles. The van der Waals surface area contributed by atoms with Crippen LogP contribution in [-0.2, 0) is 9.84 Å². The SMILES string of the molecule is CCCN(CCCS(C)(=O)=O)C(C)(CC)CN. The highest BCUT2D eigenvalue weighted by Crippen LogP contribution is 2.18. The van der Waals surface area contributed by atoms with Crippen LogP contribution in [0.3, 0.4) is 0 Å². The van der Waals surface area contributed by atoms with Gasteiger partial charge in [0.15, 0.2) is 0 Å². The summed E-state index contributed by atoms with van der Waals surface area (Å²) in [6.07, 6.45) is 4.03. The Balaban J connectivity index is 4.43. The molecule has 0 bridgehead atoms. The maximum atomic E-state index is 11.1. The fourth-order valence-electron chi connectivity index (χ4n) is 1.94. The summed E-state index contributed by atoms with van der Waals surface area (Å²) in [4.78, 5) is 2.33. The molecule has 0 aliphatic carbocycles. The minimum atomic E-state index is -2.85. The van der Waals surface area contributed by atoms with Crippen molar-refractivity contribution in [2.45, 2.75) is 45.6 Å². The van der Waals surface area contributed by atoms with E-state index >= 15 is 0 Å². The number of hydrogen-bond acceptors (Lipinski definition) is 4. The zero-order valence-electron chi connectivity index (χ0n) is 11.7. The van der Waals surface area contributed by atoms with Crippen molar-refractivity contribution >= 4 is 9.84 Å². The van der Waals surface area contributed by atoms with Gasteiger partial charge >= 0.3 is 0 Å². The van der Waals surface area contributed by atoms with E-state index in [2.05, 4.69) is 25.7 Å². The molecule has 0 radical (unpaired) electrons. The van der Waals surface area contributed by atoms with Crippen LogP contribution in [0.25, 0.3) is 0 Å². The quantitative estimate of drug-likeness (QED) is 0.681. The van der Waals surface area contributed by atoms with Crippen molar-refractivity contribution in [2.24, 2.45) is 5.73 Å². The van der Waals surface area contributed by atoms with Gasteiger partial charge in [0.2, 0.25) is 0 Å². The zero-order valence-corrected chi connectivity index (χ0v) is 12.5. The molecule has 1 unspecified atom stereocenters. The first-order valence-electron chi connectivity index (χ1n) is 6.42. The molecule has 0 aromatic heterocycles. The van der Waals surface area contributed by atoms with Crippen LogP contribution in [0.4, 0.5) is 0 Å². The summed E-state index contributed by atoms with van der Waals surface area (Å²) in [6.45, 7) is 8.82. The van der Waals surface area contributed by atoms with Crippen LogP contribution < -0.4 is 5.73 Å². The average Bonchev–Trinajstić information content (AvgIpc) is 2.25. The normalized spacial score (nSPS) is 16.1. The lowest BCUT2D eigenvalue weighted by atomic mass is 9.96. The van der Waals surface area contributed by atoms with E-state index in [4.69, 9.17) is 5.73 Å². The van der Waals surface area contributed by atoms with Gasteiger partial charge in [-0.3, -0.25) is 4.90 Å². The molecule has 4 nitrogen and oxygen atoms in total. The van der Waals surface area contributed by atoms with Gasteiger partial charge in [-0.05, 0) is 39.3 Å². The predicted octanol–water partition coefficient (Wildman–Crippen LogP) is 1.26. The van der Waals surface area contributed by atoms with Crippen LogP contribution in [0, 0.1) is 0 Å². The van der Waals surface area contributed by atoms with Gasteiger partial charge in [0.25, 0.3) is 0 Å². The van der Waals surface area contributed by atoms with Gasteiger partial charge < -0.3 is 5.73 Å². The van der Waals surface area contributed by atoms with E-state index < -0.39 is 9.84 Å². The van der Waals surface area contributed by atoms with Gasteiger partial charge in [0.1, 0.15) is 9.84 Å². The molecule has 0 spiro atoms. The Morgan fingerprint density at radius 1 is 1.24 bits per heavy atom. The molecule has 104 valence electrons. The Morgan fingerprint density at radius 2 is 1.82 bits per heavy atom. The molecule has 0 rings (SSSR count). The van der Waals surface area contributed by atoms with Crippen molar-refractivity contribution < 1.29 is 8.42 Å². The van der Waals surface area contributed by atoms with E-state index in [9.17, 15) is 8.42 Å². The summed E-state index contributed by atoms with van der Waals surface area (Å²) in [7, 11) is -2.85. The molecule has 0 aliphatic rings. The lowest BCUT2D eigenvalue weighted by Crippen LogP contribution is -2.52. The van der Waals surface area contributed by atoms with Crippen LogP contribution in [0.5, 0.6) is 0 Å². The second-order valence-electron chi connectivity index (χ2n) is 5.03. The van der Waals surface area contributed by atoms with Gasteiger partial charge in [-0.1, -0.05) is 13.8 Å². The van der Waals surface area contributed by atoms with Crippen molar-refractivity contribution in [1.29, 1.82) is 0 Å². The van der Waals surface area contributed by atoms with E-state index in [0.717, 1.165) is 25.9 Å². The van der Waals surface area contributed by atoms with Gasteiger partial charge in [0.05, 0.1) is 5.75 Å².